The van der Waals surface area contributed by atoms with Gasteiger partial charge in [0.2, 0.25) is 0 Å². The third-order valence-corrected chi connectivity index (χ3v) is 3.25. The minimum Gasteiger partial charge on any atom is -0.336 e. The Hall–Kier alpha value is -1.02. The number of halogens is 1. The molecule has 1 aliphatic rings. The first-order valence-electron chi connectivity index (χ1n) is 5.25. The molecule has 3 heteroatoms. The second-order valence-corrected chi connectivity index (χ2v) is 4.38. The predicted molar refractivity (Wildman–Crippen MR) is 61.2 cm³/mol. The Morgan fingerprint density at radius 3 is 2.80 bits per heavy atom. The van der Waals surface area contributed by atoms with Crippen LogP contribution in [0.2, 0.25) is 5.02 Å². The van der Waals surface area contributed by atoms with Crippen molar-refractivity contribution in [2.75, 3.05) is 6.54 Å². The molecule has 1 heterocycles. The van der Waals surface area contributed by atoms with Crippen molar-refractivity contribution in [3.8, 4) is 0 Å². The molecule has 0 N–H and O–H groups in total. The molecule has 2 rings (SSSR count). The minimum atomic E-state index is 0.0607. The van der Waals surface area contributed by atoms with E-state index in [1.165, 1.54) is 0 Å². The smallest absolute Gasteiger partial charge is 0.255 e. The van der Waals surface area contributed by atoms with Gasteiger partial charge in [0.25, 0.3) is 5.91 Å². The lowest BCUT2D eigenvalue weighted by molar-refractivity contribution is 0.0747. The molecule has 15 heavy (non-hydrogen) atoms. The van der Waals surface area contributed by atoms with Gasteiger partial charge in [-0.3, -0.25) is 4.79 Å². The number of hydrogen-bond donors (Lipinski definition) is 0. The molecule has 0 aromatic heterocycles. The Labute approximate surface area is 94.8 Å². The highest BCUT2D eigenvalue weighted by Crippen LogP contribution is 2.23. The van der Waals surface area contributed by atoms with Crippen molar-refractivity contribution in [3.05, 3.63) is 34.9 Å². The number of nitrogens with zero attached hydrogens (tertiary/aromatic N) is 1. The number of carbonyl (C=O) groups is 1. The molecule has 1 aromatic carbocycles. The Morgan fingerprint density at radius 2 is 2.20 bits per heavy atom. The summed E-state index contributed by atoms with van der Waals surface area (Å²) in [6.07, 6.45) is 2.19. The highest BCUT2D eigenvalue weighted by Gasteiger charge is 2.26. The third kappa shape index (κ3) is 2.00. The number of hydrogen-bond acceptors (Lipinski definition) is 1. The van der Waals surface area contributed by atoms with Crippen molar-refractivity contribution in [1.82, 2.24) is 4.90 Å². The van der Waals surface area contributed by atoms with Crippen molar-refractivity contribution in [2.45, 2.75) is 25.8 Å². The van der Waals surface area contributed by atoms with Crippen molar-refractivity contribution >= 4 is 17.5 Å². The first kappa shape index (κ1) is 10.5. The third-order valence-electron chi connectivity index (χ3n) is 2.92. The Kier molecular flexibility index (Phi) is 2.96. The molecule has 1 aromatic rings. The zero-order valence-electron chi connectivity index (χ0n) is 8.74. The summed E-state index contributed by atoms with van der Waals surface area (Å²) >= 11 is 6.00. The van der Waals surface area contributed by atoms with Gasteiger partial charge in [0, 0.05) is 12.6 Å². The van der Waals surface area contributed by atoms with Crippen molar-refractivity contribution < 1.29 is 4.79 Å². The highest BCUT2D eigenvalue weighted by atomic mass is 35.5. The maximum atomic E-state index is 12.1. The average molecular weight is 224 g/mol. The van der Waals surface area contributed by atoms with Gasteiger partial charge in [0.05, 0.1) is 10.6 Å². The normalized spacial score (nSPS) is 20.7. The summed E-state index contributed by atoms with van der Waals surface area (Å²) < 4.78 is 0. The molecule has 0 saturated carbocycles. The maximum absolute atomic E-state index is 12.1. The summed E-state index contributed by atoms with van der Waals surface area (Å²) in [5, 5.41) is 0.543. The van der Waals surface area contributed by atoms with E-state index >= 15 is 0 Å². The van der Waals surface area contributed by atoms with E-state index in [1.807, 2.05) is 17.0 Å². The number of rotatable bonds is 1. The summed E-state index contributed by atoms with van der Waals surface area (Å²) in [4.78, 5) is 14.0. The quantitative estimate of drug-likeness (QED) is 0.717. The Morgan fingerprint density at radius 1 is 1.47 bits per heavy atom. The van der Waals surface area contributed by atoms with E-state index < -0.39 is 0 Å². The Bertz CT molecular complexity index is 378. The molecule has 0 bridgehead atoms. The van der Waals surface area contributed by atoms with Crippen LogP contribution < -0.4 is 0 Å². The summed E-state index contributed by atoms with van der Waals surface area (Å²) in [6, 6.07) is 7.58. The first-order chi connectivity index (χ1) is 7.20. The molecule has 2 nitrogen and oxygen atoms in total. The van der Waals surface area contributed by atoms with Crippen molar-refractivity contribution in [3.63, 3.8) is 0 Å². The molecule has 0 spiro atoms. The van der Waals surface area contributed by atoms with Crippen LogP contribution in [0.4, 0.5) is 0 Å². The fourth-order valence-corrected chi connectivity index (χ4v) is 2.24. The fraction of sp³-hybridized carbons (Fsp3) is 0.417. The van der Waals surface area contributed by atoms with Gasteiger partial charge >= 0.3 is 0 Å². The van der Waals surface area contributed by atoms with Gasteiger partial charge in [0.15, 0.2) is 0 Å². The van der Waals surface area contributed by atoms with Gasteiger partial charge < -0.3 is 4.90 Å². The Balaban J connectivity index is 2.24. The largest absolute Gasteiger partial charge is 0.336 e. The zero-order valence-corrected chi connectivity index (χ0v) is 9.50. The standard InChI is InChI=1S/C12H14ClNO/c1-9-5-4-8-14(9)12(15)10-6-2-3-7-11(10)13/h2-3,6-7,9H,4-5,8H2,1H3. The molecule has 0 radical (unpaired) electrons. The molecule has 1 fully saturated rings. The van der Waals surface area contributed by atoms with Crippen molar-refractivity contribution in [2.24, 2.45) is 0 Å². The molecule has 1 unspecified atom stereocenters. The van der Waals surface area contributed by atoms with Crippen LogP contribution in [0, 0.1) is 0 Å². The first-order valence-corrected chi connectivity index (χ1v) is 5.63. The number of benzene rings is 1. The van der Waals surface area contributed by atoms with E-state index in [0.29, 0.717) is 16.6 Å². The predicted octanol–water partition coefficient (Wildman–Crippen LogP) is 2.96. The SMILES string of the molecule is CC1CCCN1C(=O)c1ccccc1Cl. The van der Waals surface area contributed by atoms with Gasteiger partial charge in [-0.2, -0.15) is 0 Å². The lowest BCUT2D eigenvalue weighted by atomic mass is 10.2. The zero-order chi connectivity index (χ0) is 10.8. The topological polar surface area (TPSA) is 20.3 Å². The van der Waals surface area contributed by atoms with E-state index in [4.69, 9.17) is 11.6 Å². The van der Waals surface area contributed by atoms with E-state index in [2.05, 4.69) is 6.92 Å². The second-order valence-electron chi connectivity index (χ2n) is 3.97. The maximum Gasteiger partial charge on any atom is 0.255 e. The lowest BCUT2D eigenvalue weighted by Gasteiger charge is -2.21. The number of likely N-dealkylation sites (tertiary alicyclic amines) is 1. The van der Waals surface area contributed by atoms with Crippen LogP contribution in [0.1, 0.15) is 30.1 Å². The highest BCUT2D eigenvalue weighted by molar-refractivity contribution is 6.33. The molecular weight excluding hydrogens is 210 g/mol. The van der Waals surface area contributed by atoms with E-state index in [0.717, 1.165) is 19.4 Å². The molecule has 1 amide bonds. The van der Waals surface area contributed by atoms with E-state index in [1.54, 1.807) is 12.1 Å². The average Bonchev–Trinajstić information content (AvgIpc) is 2.64. The summed E-state index contributed by atoms with van der Waals surface area (Å²) in [6.45, 7) is 2.94. The van der Waals surface area contributed by atoms with Gasteiger partial charge in [0.1, 0.15) is 0 Å². The van der Waals surface area contributed by atoms with Crippen LogP contribution in [-0.4, -0.2) is 23.4 Å². The monoisotopic (exact) mass is 223 g/mol. The number of amides is 1. The molecular formula is C12H14ClNO. The van der Waals surface area contributed by atoms with Crippen molar-refractivity contribution in [1.29, 1.82) is 0 Å². The van der Waals surface area contributed by atoms with Gasteiger partial charge in [-0.15, -0.1) is 0 Å². The minimum absolute atomic E-state index is 0.0607. The van der Waals surface area contributed by atoms with Crippen LogP contribution in [0.5, 0.6) is 0 Å². The van der Waals surface area contributed by atoms with Gasteiger partial charge in [-0.25, -0.2) is 0 Å². The van der Waals surface area contributed by atoms with E-state index in [9.17, 15) is 4.79 Å². The summed E-state index contributed by atoms with van der Waals surface area (Å²) in [7, 11) is 0. The molecule has 1 saturated heterocycles. The number of carbonyl (C=O) groups excluding carboxylic acids is 1. The summed E-state index contributed by atoms with van der Waals surface area (Å²) in [5.41, 5.74) is 0.618. The lowest BCUT2D eigenvalue weighted by Crippen LogP contribution is -2.33. The van der Waals surface area contributed by atoms with E-state index in [-0.39, 0.29) is 5.91 Å². The fourth-order valence-electron chi connectivity index (χ4n) is 2.02. The molecule has 1 aliphatic heterocycles. The van der Waals surface area contributed by atoms with Crippen LogP contribution in [0.15, 0.2) is 24.3 Å². The van der Waals surface area contributed by atoms with Gasteiger partial charge in [-0.05, 0) is 31.9 Å². The second kappa shape index (κ2) is 4.23. The van der Waals surface area contributed by atoms with Crippen LogP contribution >= 0.6 is 11.6 Å². The summed E-state index contributed by atoms with van der Waals surface area (Å²) in [5.74, 6) is 0.0607. The molecule has 1 atom stereocenters. The van der Waals surface area contributed by atoms with Crippen LogP contribution in [0.3, 0.4) is 0 Å². The van der Waals surface area contributed by atoms with Crippen LogP contribution in [0.25, 0.3) is 0 Å². The van der Waals surface area contributed by atoms with Crippen LogP contribution in [-0.2, 0) is 0 Å². The van der Waals surface area contributed by atoms with Gasteiger partial charge in [-0.1, -0.05) is 23.7 Å². The molecule has 80 valence electrons. The molecule has 0 aliphatic carbocycles.